The molecule has 0 unspecified atom stereocenters. The molecule has 1 spiro atoms. The molecule has 1 saturated carbocycles. The zero-order valence-corrected chi connectivity index (χ0v) is 10.9. The van der Waals surface area contributed by atoms with Crippen LogP contribution in [0.4, 0.5) is 4.79 Å². The van der Waals surface area contributed by atoms with Crippen molar-refractivity contribution >= 4 is 17.8 Å². The molecule has 0 radical (unpaired) electrons. The molecular formula is C12H19N3O3. The van der Waals surface area contributed by atoms with Crippen molar-refractivity contribution in [3.63, 3.8) is 0 Å². The molecule has 1 aliphatic carbocycles. The minimum Gasteiger partial charge on any atom is -0.309 e. The fourth-order valence-corrected chi connectivity index (χ4v) is 2.45. The van der Waals surface area contributed by atoms with Crippen LogP contribution in [0.25, 0.3) is 0 Å². The van der Waals surface area contributed by atoms with Gasteiger partial charge in [0.25, 0.3) is 0 Å². The van der Waals surface area contributed by atoms with Crippen molar-refractivity contribution in [1.82, 2.24) is 15.1 Å². The van der Waals surface area contributed by atoms with Crippen LogP contribution >= 0.6 is 0 Å². The normalized spacial score (nSPS) is 22.4. The Hall–Kier alpha value is -1.43. The van der Waals surface area contributed by atoms with Gasteiger partial charge in [-0.25, -0.2) is 4.79 Å². The lowest BCUT2D eigenvalue weighted by molar-refractivity contribution is -0.157. The Bertz CT molecular complexity index is 388. The Morgan fingerprint density at radius 3 is 2.44 bits per heavy atom. The maximum absolute atomic E-state index is 12.3. The monoisotopic (exact) mass is 253 g/mol. The number of hydrogen-bond acceptors (Lipinski definition) is 4. The van der Waals surface area contributed by atoms with Crippen LogP contribution in [0, 0.1) is 5.41 Å². The van der Waals surface area contributed by atoms with Gasteiger partial charge in [-0.3, -0.25) is 19.8 Å². The Morgan fingerprint density at radius 1 is 1.28 bits per heavy atom. The molecule has 4 amide bonds. The van der Waals surface area contributed by atoms with Gasteiger partial charge in [0.1, 0.15) is 5.41 Å². The number of nitrogens with zero attached hydrogens (tertiary/aromatic N) is 2. The van der Waals surface area contributed by atoms with Gasteiger partial charge in [0, 0.05) is 6.54 Å². The van der Waals surface area contributed by atoms with Crippen LogP contribution in [0.5, 0.6) is 0 Å². The average molecular weight is 253 g/mol. The van der Waals surface area contributed by atoms with Gasteiger partial charge in [-0.15, -0.1) is 0 Å². The molecule has 2 rings (SSSR count). The molecular weight excluding hydrogens is 234 g/mol. The number of barbiturate groups is 1. The fraction of sp³-hybridized carbons (Fsp3) is 0.750. The molecule has 0 aromatic carbocycles. The van der Waals surface area contributed by atoms with E-state index in [1.54, 1.807) is 0 Å². The van der Waals surface area contributed by atoms with Crippen molar-refractivity contribution in [2.24, 2.45) is 5.41 Å². The van der Waals surface area contributed by atoms with E-state index >= 15 is 0 Å². The van der Waals surface area contributed by atoms with E-state index in [9.17, 15) is 14.4 Å². The van der Waals surface area contributed by atoms with Crippen molar-refractivity contribution in [3.8, 4) is 0 Å². The van der Waals surface area contributed by atoms with Gasteiger partial charge in [-0.2, -0.15) is 0 Å². The van der Waals surface area contributed by atoms with Crippen LogP contribution in [0.1, 0.15) is 25.7 Å². The zero-order valence-electron chi connectivity index (χ0n) is 10.9. The highest BCUT2D eigenvalue weighted by Crippen LogP contribution is 2.44. The summed E-state index contributed by atoms with van der Waals surface area (Å²) in [5, 5.41) is 2.30. The van der Waals surface area contributed by atoms with Crippen LogP contribution in [0.15, 0.2) is 0 Å². The number of carbonyl (C=O) groups is 3. The van der Waals surface area contributed by atoms with Gasteiger partial charge in [0.15, 0.2) is 0 Å². The van der Waals surface area contributed by atoms with E-state index in [2.05, 4.69) is 5.32 Å². The van der Waals surface area contributed by atoms with Crippen molar-refractivity contribution in [1.29, 1.82) is 0 Å². The van der Waals surface area contributed by atoms with E-state index < -0.39 is 17.4 Å². The van der Waals surface area contributed by atoms with E-state index in [0.29, 0.717) is 19.4 Å². The third kappa shape index (κ3) is 2.01. The van der Waals surface area contributed by atoms with Gasteiger partial charge in [-0.05, 0) is 39.9 Å². The maximum atomic E-state index is 12.3. The van der Waals surface area contributed by atoms with Crippen molar-refractivity contribution in [2.75, 3.05) is 27.2 Å². The van der Waals surface area contributed by atoms with Gasteiger partial charge < -0.3 is 4.90 Å². The molecule has 0 aromatic rings. The molecule has 2 aliphatic rings. The molecule has 6 nitrogen and oxygen atoms in total. The fourth-order valence-electron chi connectivity index (χ4n) is 2.45. The Morgan fingerprint density at radius 2 is 1.94 bits per heavy atom. The Balaban J connectivity index is 2.03. The molecule has 1 aliphatic heterocycles. The molecule has 18 heavy (non-hydrogen) atoms. The topological polar surface area (TPSA) is 69.7 Å². The largest absolute Gasteiger partial charge is 0.330 e. The summed E-state index contributed by atoms with van der Waals surface area (Å²) in [6, 6.07) is -0.568. The first kappa shape index (κ1) is 13.0. The molecule has 2 fully saturated rings. The van der Waals surface area contributed by atoms with Crippen LogP contribution in [-0.2, 0) is 9.59 Å². The maximum Gasteiger partial charge on any atom is 0.330 e. The Labute approximate surface area is 106 Å². The summed E-state index contributed by atoms with van der Waals surface area (Å²) in [5.41, 5.74) is -0.938. The summed E-state index contributed by atoms with van der Waals surface area (Å²) in [7, 11) is 3.88. The second kappa shape index (κ2) is 4.68. The Kier molecular flexibility index (Phi) is 3.38. The van der Waals surface area contributed by atoms with Crippen LogP contribution in [0.3, 0.4) is 0 Å². The molecule has 1 N–H and O–H groups in total. The second-order valence-corrected chi connectivity index (χ2v) is 5.31. The van der Waals surface area contributed by atoms with Crippen LogP contribution in [0.2, 0.25) is 0 Å². The van der Waals surface area contributed by atoms with Crippen LogP contribution in [-0.4, -0.2) is 54.8 Å². The van der Waals surface area contributed by atoms with E-state index in [1.165, 1.54) is 4.90 Å². The number of nitrogens with one attached hydrogen (secondary N) is 1. The first-order valence-corrected chi connectivity index (χ1v) is 6.29. The average Bonchev–Trinajstić information content (AvgIpc) is 2.20. The van der Waals surface area contributed by atoms with Gasteiger partial charge in [0.2, 0.25) is 11.8 Å². The predicted octanol–water partition coefficient (Wildman–Crippen LogP) is 0.187. The number of rotatable bonds is 4. The third-order valence-corrected chi connectivity index (χ3v) is 3.75. The van der Waals surface area contributed by atoms with Crippen molar-refractivity contribution in [2.45, 2.75) is 25.7 Å². The molecule has 1 heterocycles. The quantitative estimate of drug-likeness (QED) is 0.726. The molecule has 1 saturated heterocycles. The van der Waals surface area contributed by atoms with Gasteiger partial charge in [0.05, 0.1) is 0 Å². The highest BCUT2D eigenvalue weighted by Gasteiger charge is 2.57. The highest BCUT2D eigenvalue weighted by molar-refractivity contribution is 6.19. The first-order chi connectivity index (χ1) is 8.47. The molecule has 6 heteroatoms. The van der Waals surface area contributed by atoms with Gasteiger partial charge in [-0.1, -0.05) is 6.42 Å². The molecule has 0 bridgehead atoms. The summed E-state index contributed by atoms with van der Waals surface area (Å²) in [4.78, 5) is 38.9. The van der Waals surface area contributed by atoms with Gasteiger partial charge >= 0.3 is 6.03 Å². The molecule has 0 aromatic heterocycles. The minimum atomic E-state index is -0.938. The number of imide groups is 2. The summed E-state index contributed by atoms with van der Waals surface area (Å²) in [6.07, 6.45) is 2.72. The third-order valence-electron chi connectivity index (χ3n) is 3.75. The van der Waals surface area contributed by atoms with E-state index in [1.807, 2.05) is 19.0 Å². The lowest BCUT2D eigenvalue weighted by atomic mass is 9.66. The molecule has 100 valence electrons. The first-order valence-electron chi connectivity index (χ1n) is 6.29. The van der Waals surface area contributed by atoms with Crippen molar-refractivity contribution < 1.29 is 14.4 Å². The molecule has 0 atom stereocenters. The highest BCUT2D eigenvalue weighted by atomic mass is 16.2. The second-order valence-electron chi connectivity index (χ2n) is 5.31. The summed E-state index contributed by atoms with van der Waals surface area (Å²) in [5.74, 6) is -0.714. The smallest absolute Gasteiger partial charge is 0.309 e. The van der Waals surface area contributed by atoms with E-state index in [4.69, 9.17) is 0 Å². The minimum absolute atomic E-state index is 0.304. The lowest BCUT2D eigenvalue weighted by Gasteiger charge is -2.44. The van der Waals surface area contributed by atoms with Crippen molar-refractivity contribution in [3.05, 3.63) is 0 Å². The van der Waals surface area contributed by atoms with E-state index in [0.717, 1.165) is 19.4 Å². The van der Waals surface area contributed by atoms with Crippen LogP contribution < -0.4 is 5.32 Å². The zero-order chi connectivity index (χ0) is 13.3. The number of hydrogen-bond donors (Lipinski definition) is 1. The number of amides is 4. The predicted molar refractivity (Wildman–Crippen MR) is 64.7 cm³/mol. The number of urea groups is 1. The lowest BCUT2D eigenvalue weighted by Crippen LogP contribution is -2.66. The standard InChI is InChI=1S/C12H19N3O3/c1-14(2)7-4-8-15-10(17)12(5-3-6-12)9(16)13-11(15)18/h3-8H2,1-2H3,(H,13,16,18). The summed E-state index contributed by atoms with van der Waals surface area (Å²) >= 11 is 0. The van der Waals surface area contributed by atoms with E-state index in [-0.39, 0.29) is 5.91 Å². The number of carbonyl (C=O) groups excluding carboxylic acids is 3. The summed E-state index contributed by atoms with van der Waals surface area (Å²) < 4.78 is 0. The SMILES string of the molecule is CN(C)CCCN1C(=O)NC(=O)C2(CCC2)C1=O. The summed E-state index contributed by atoms with van der Waals surface area (Å²) in [6.45, 7) is 1.18.